The highest BCUT2D eigenvalue weighted by Crippen LogP contribution is 2.15. The normalized spacial score (nSPS) is 11.8. The van der Waals surface area contributed by atoms with Gasteiger partial charge in [-0.3, -0.25) is 0 Å². The molecule has 1 N–H and O–H groups in total. The van der Waals surface area contributed by atoms with Crippen molar-refractivity contribution >= 4 is 15.9 Å². The molecule has 0 atom stereocenters. The van der Waals surface area contributed by atoms with E-state index in [0.29, 0.717) is 0 Å². The molecule has 0 spiro atoms. The van der Waals surface area contributed by atoms with E-state index >= 15 is 0 Å². The molecule has 0 bridgehead atoms. The first-order valence-electron chi connectivity index (χ1n) is 4.01. The van der Waals surface area contributed by atoms with Gasteiger partial charge in [-0.2, -0.15) is 0 Å². The molecule has 70 valence electrons. The van der Waals surface area contributed by atoms with Crippen LogP contribution in [0.25, 0.3) is 0 Å². The Labute approximate surface area is 83.6 Å². The number of rotatable bonds is 3. The summed E-state index contributed by atoms with van der Waals surface area (Å²) in [6, 6.07) is 0. The molecule has 12 heavy (non-hydrogen) atoms. The zero-order chi connectivity index (χ0) is 9.98. The predicted octanol–water partition coefficient (Wildman–Crippen LogP) is 3.42. The van der Waals surface area contributed by atoms with E-state index in [0.717, 1.165) is 10.1 Å². The summed E-state index contributed by atoms with van der Waals surface area (Å²) in [7, 11) is 0. The highest BCUT2D eigenvalue weighted by Gasteiger charge is 1.95. The van der Waals surface area contributed by atoms with Crippen molar-refractivity contribution in [1.29, 1.82) is 0 Å². The molecule has 0 saturated heterocycles. The molecule has 0 heterocycles. The van der Waals surface area contributed by atoms with Crippen LogP contribution in [0.4, 0.5) is 0 Å². The maximum absolute atomic E-state index is 8.75. The van der Waals surface area contributed by atoms with Crippen LogP contribution in [0.15, 0.2) is 34.9 Å². The fraction of sp³-hybridized carbons (Fsp3) is 0.400. The van der Waals surface area contributed by atoms with E-state index in [-0.39, 0.29) is 6.61 Å². The molecule has 0 aromatic carbocycles. The smallest absolute Gasteiger partial charge is 0.0689 e. The zero-order valence-corrected chi connectivity index (χ0v) is 9.56. The monoisotopic (exact) mass is 232 g/mol. The molecule has 0 fully saturated rings. The van der Waals surface area contributed by atoms with Crippen molar-refractivity contribution < 1.29 is 5.11 Å². The van der Waals surface area contributed by atoms with Gasteiger partial charge in [0.1, 0.15) is 0 Å². The number of hydrogen-bond acceptors (Lipinski definition) is 1. The van der Waals surface area contributed by atoms with Gasteiger partial charge in [-0.1, -0.05) is 48.5 Å². The van der Waals surface area contributed by atoms with Crippen molar-refractivity contribution in [2.45, 2.75) is 20.8 Å². The lowest BCUT2D eigenvalue weighted by atomic mass is 10.2. The molecule has 0 aliphatic carbocycles. The average Bonchev–Trinajstić information content (AvgIpc) is 2.11. The summed E-state index contributed by atoms with van der Waals surface area (Å²) in [6.07, 6.45) is 5.32. The third-order valence-corrected chi connectivity index (χ3v) is 1.86. The van der Waals surface area contributed by atoms with Crippen LogP contribution in [-0.2, 0) is 0 Å². The van der Waals surface area contributed by atoms with Crippen molar-refractivity contribution in [1.82, 2.24) is 0 Å². The van der Waals surface area contributed by atoms with Gasteiger partial charge >= 0.3 is 0 Å². The lowest BCUT2D eigenvalue weighted by Crippen LogP contribution is -1.88. The van der Waals surface area contributed by atoms with E-state index < -0.39 is 0 Å². The Morgan fingerprint density at radius 2 is 2.00 bits per heavy atom. The Morgan fingerprint density at radius 3 is 2.25 bits per heavy atom. The van der Waals surface area contributed by atoms with Crippen LogP contribution < -0.4 is 0 Å². The van der Waals surface area contributed by atoms with Crippen molar-refractivity contribution in [3.8, 4) is 0 Å². The van der Waals surface area contributed by atoms with E-state index in [1.165, 1.54) is 0 Å². The lowest BCUT2D eigenvalue weighted by Gasteiger charge is -1.98. The maximum Gasteiger partial charge on any atom is 0.0689 e. The topological polar surface area (TPSA) is 20.2 Å². The van der Waals surface area contributed by atoms with Crippen molar-refractivity contribution in [2.24, 2.45) is 0 Å². The summed E-state index contributed by atoms with van der Waals surface area (Å²) in [5.74, 6) is 0. The van der Waals surface area contributed by atoms with Gasteiger partial charge in [0.25, 0.3) is 0 Å². The molecule has 0 amide bonds. The zero-order valence-electron chi connectivity index (χ0n) is 7.97. The minimum atomic E-state index is 0.0570. The highest BCUT2D eigenvalue weighted by molar-refractivity contribution is 9.12. The Bertz CT molecular complexity index is 169. The molecule has 0 aliphatic rings. The molecule has 0 unspecified atom stereocenters. The van der Waals surface area contributed by atoms with Crippen LogP contribution in [0.5, 0.6) is 0 Å². The van der Waals surface area contributed by atoms with Gasteiger partial charge in [0.2, 0.25) is 0 Å². The van der Waals surface area contributed by atoms with Crippen LogP contribution in [0, 0.1) is 0 Å². The molecule has 1 nitrogen and oxygen atoms in total. The highest BCUT2D eigenvalue weighted by atomic mass is 79.9. The Balaban J connectivity index is 0. The molecule has 0 aliphatic heterocycles. The summed E-state index contributed by atoms with van der Waals surface area (Å²) < 4.78 is 0.882. The SMILES string of the molecule is C=C/C=C(Br)\C(=C/C)CO.CC. The van der Waals surface area contributed by atoms with Gasteiger partial charge < -0.3 is 5.11 Å². The third-order valence-electron chi connectivity index (χ3n) is 1.09. The standard InChI is InChI=1S/C8H11BrO.C2H6/c1-3-5-8(9)7(4-2)6-10;1-2/h3-5,10H,1,6H2,2H3;1-2H3/b7-4-,8-5+;. The number of allylic oxidation sites excluding steroid dienone is 3. The van der Waals surface area contributed by atoms with Crippen molar-refractivity contribution in [3.05, 3.63) is 34.9 Å². The fourth-order valence-electron chi connectivity index (χ4n) is 0.515. The van der Waals surface area contributed by atoms with Gasteiger partial charge in [-0.25, -0.2) is 0 Å². The summed E-state index contributed by atoms with van der Waals surface area (Å²) in [5, 5.41) is 8.75. The molecule has 0 aromatic heterocycles. The van der Waals surface area contributed by atoms with Crippen LogP contribution in [0.1, 0.15) is 20.8 Å². The van der Waals surface area contributed by atoms with Crippen LogP contribution in [0.3, 0.4) is 0 Å². The summed E-state index contributed by atoms with van der Waals surface area (Å²) in [4.78, 5) is 0. The second-order valence-corrected chi connectivity index (χ2v) is 2.58. The van der Waals surface area contributed by atoms with Crippen molar-refractivity contribution in [3.63, 3.8) is 0 Å². The minimum Gasteiger partial charge on any atom is -0.392 e. The largest absolute Gasteiger partial charge is 0.392 e. The van der Waals surface area contributed by atoms with Crippen LogP contribution >= 0.6 is 15.9 Å². The Kier molecular flexibility index (Phi) is 12.6. The number of aliphatic hydroxyl groups is 1. The summed E-state index contributed by atoms with van der Waals surface area (Å²) in [5.41, 5.74) is 0.875. The third kappa shape index (κ3) is 6.38. The maximum atomic E-state index is 8.75. The quantitative estimate of drug-likeness (QED) is 0.740. The molecule has 0 radical (unpaired) electrons. The molecular formula is C10H17BrO. The van der Waals surface area contributed by atoms with Gasteiger partial charge in [-0.05, 0) is 18.6 Å². The van der Waals surface area contributed by atoms with Crippen LogP contribution in [0.2, 0.25) is 0 Å². The van der Waals surface area contributed by atoms with Gasteiger partial charge in [0, 0.05) is 4.48 Å². The van der Waals surface area contributed by atoms with Gasteiger partial charge in [-0.15, -0.1) is 0 Å². The molecule has 0 rings (SSSR count). The van der Waals surface area contributed by atoms with E-state index in [1.54, 1.807) is 12.2 Å². The molecular weight excluding hydrogens is 216 g/mol. The van der Waals surface area contributed by atoms with Crippen molar-refractivity contribution in [2.75, 3.05) is 6.61 Å². The summed E-state index contributed by atoms with van der Waals surface area (Å²) >= 11 is 3.29. The summed E-state index contributed by atoms with van der Waals surface area (Å²) in [6.45, 7) is 9.47. The lowest BCUT2D eigenvalue weighted by molar-refractivity contribution is 0.334. The minimum absolute atomic E-state index is 0.0570. The van der Waals surface area contributed by atoms with Gasteiger partial charge in [0.15, 0.2) is 0 Å². The first-order valence-corrected chi connectivity index (χ1v) is 4.80. The van der Waals surface area contributed by atoms with E-state index in [2.05, 4.69) is 22.5 Å². The molecule has 2 heteroatoms. The Morgan fingerprint density at radius 1 is 1.50 bits per heavy atom. The van der Waals surface area contributed by atoms with Crippen LogP contribution in [-0.4, -0.2) is 11.7 Å². The second kappa shape index (κ2) is 10.7. The first-order chi connectivity index (χ1) is 5.76. The van der Waals surface area contributed by atoms with E-state index in [4.69, 9.17) is 5.11 Å². The number of hydrogen-bond donors (Lipinski definition) is 1. The van der Waals surface area contributed by atoms with Gasteiger partial charge in [0.05, 0.1) is 6.61 Å². The number of halogens is 1. The first kappa shape index (κ1) is 14.2. The fourth-order valence-corrected chi connectivity index (χ4v) is 1.06. The molecule has 0 aromatic rings. The van der Waals surface area contributed by atoms with E-state index in [1.807, 2.05) is 26.8 Å². The average molecular weight is 233 g/mol. The Hall–Kier alpha value is -0.340. The molecule has 0 saturated carbocycles. The predicted molar refractivity (Wildman–Crippen MR) is 59.4 cm³/mol. The van der Waals surface area contributed by atoms with E-state index in [9.17, 15) is 0 Å². The number of aliphatic hydroxyl groups excluding tert-OH is 1. The second-order valence-electron chi connectivity index (χ2n) is 1.72.